The molecular formula is C30H33Cl2N3O3S. The standard InChI is InChI=1S/C30H33Cl2N3O3S/c1-34-28(23-8-7-21(38-2)18-24(23)30(34)36)11-10-27(20-6-9-25(31)26(32)17-20)35-15-12-19(13-16-35)22-5-4-14-33-29(22)39(3)37/h4-9,14,17-19,27-28H,10-13,15-16H2,1-3H3. The van der Waals surface area contributed by atoms with Gasteiger partial charge in [-0.15, -0.1) is 0 Å². The van der Waals surface area contributed by atoms with Crippen LogP contribution in [0.15, 0.2) is 59.8 Å². The SMILES string of the molecule is COc1ccc2c(c1)C(=O)N(C)C2CCC(c1ccc(Cl)c(Cl)c1)N1CCC(c2cccnc2S(C)=O)CC1. The predicted molar refractivity (Wildman–Crippen MR) is 156 cm³/mol. The van der Waals surface area contributed by atoms with Crippen LogP contribution in [0.3, 0.4) is 0 Å². The lowest BCUT2D eigenvalue weighted by Crippen LogP contribution is -2.37. The van der Waals surface area contributed by atoms with Crippen molar-refractivity contribution in [3.63, 3.8) is 0 Å². The number of aromatic nitrogens is 1. The predicted octanol–water partition coefficient (Wildman–Crippen LogP) is 6.66. The smallest absolute Gasteiger partial charge is 0.254 e. The van der Waals surface area contributed by atoms with Crippen LogP contribution in [0.5, 0.6) is 5.75 Å². The summed E-state index contributed by atoms with van der Waals surface area (Å²) in [6, 6.07) is 15.8. The number of halogens is 2. The van der Waals surface area contributed by atoms with Gasteiger partial charge in [0.2, 0.25) is 0 Å². The fraction of sp³-hybridized carbons (Fsp3) is 0.400. The molecule has 2 aliphatic heterocycles. The molecule has 0 bridgehead atoms. The van der Waals surface area contributed by atoms with Crippen molar-refractivity contribution in [2.75, 3.05) is 33.5 Å². The van der Waals surface area contributed by atoms with Gasteiger partial charge in [0.15, 0.2) is 0 Å². The van der Waals surface area contributed by atoms with Gasteiger partial charge in [0, 0.05) is 31.1 Å². The number of hydrogen-bond donors (Lipinski definition) is 0. The normalized spacial score (nSPS) is 19.7. The van der Waals surface area contributed by atoms with E-state index in [-0.39, 0.29) is 18.0 Å². The molecule has 2 aromatic carbocycles. The number of amides is 1. The Morgan fingerprint density at radius 2 is 1.85 bits per heavy atom. The number of carbonyl (C=O) groups is 1. The number of ether oxygens (including phenoxy) is 1. The number of benzene rings is 2. The van der Waals surface area contributed by atoms with Gasteiger partial charge in [-0.05, 0) is 91.7 Å². The summed E-state index contributed by atoms with van der Waals surface area (Å²) >= 11 is 12.7. The Morgan fingerprint density at radius 1 is 1.08 bits per heavy atom. The third kappa shape index (κ3) is 5.73. The van der Waals surface area contributed by atoms with Crippen LogP contribution < -0.4 is 4.74 Å². The van der Waals surface area contributed by atoms with Crippen LogP contribution in [-0.2, 0) is 10.8 Å². The minimum atomic E-state index is -1.12. The van der Waals surface area contributed by atoms with E-state index in [0.717, 1.165) is 55.5 Å². The molecule has 3 heterocycles. The minimum Gasteiger partial charge on any atom is -0.497 e. The van der Waals surface area contributed by atoms with Crippen molar-refractivity contribution in [3.8, 4) is 5.75 Å². The lowest BCUT2D eigenvalue weighted by molar-refractivity contribution is 0.0751. The van der Waals surface area contributed by atoms with Gasteiger partial charge in [-0.1, -0.05) is 41.4 Å². The molecule has 0 N–H and O–H groups in total. The molecule has 1 saturated heterocycles. The highest BCUT2D eigenvalue weighted by Crippen LogP contribution is 2.42. The quantitative estimate of drug-likeness (QED) is 0.295. The van der Waals surface area contributed by atoms with Crippen LogP contribution in [-0.4, -0.2) is 58.4 Å². The molecular weight excluding hydrogens is 553 g/mol. The second kappa shape index (κ2) is 12.0. The van der Waals surface area contributed by atoms with Gasteiger partial charge in [0.25, 0.3) is 5.91 Å². The first-order valence-corrected chi connectivity index (χ1v) is 15.5. The summed E-state index contributed by atoms with van der Waals surface area (Å²) in [4.78, 5) is 21.8. The summed E-state index contributed by atoms with van der Waals surface area (Å²) in [6.07, 6.45) is 6.99. The maximum absolute atomic E-state index is 13.0. The van der Waals surface area contributed by atoms with Gasteiger partial charge in [-0.25, -0.2) is 4.98 Å². The third-order valence-electron chi connectivity index (χ3n) is 8.16. The second-order valence-electron chi connectivity index (χ2n) is 10.3. The van der Waals surface area contributed by atoms with Crippen molar-refractivity contribution in [1.29, 1.82) is 0 Å². The molecule has 1 amide bonds. The van der Waals surface area contributed by atoms with E-state index in [0.29, 0.717) is 32.3 Å². The second-order valence-corrected chi connectivity index (χ2v) is 12.4. The average molecular weight is 587 g/mol. The molecule has 0 saturated carbocycles. The Bertz CT molecular complexity index is 1390. The number of fused-ring (bicyclic) bond motifs is 1. The van der Waals surface area contributed by atoms with Gasteiger partial charge in [0.05, 0.1) is 34.0 Å². The van der Waals surface area contributed by atoms with E-state index < -0.39 is 10.8 Å². The van der Waals surface area contributed by atoms with Crippen molar-refractivity contribution < 1.29 is 13.7 Å². The van der Waals surface area contributed by atoms with Crippen molar-refractivity contribution in [2.24, 2.45) is 0 Å². The largest absolute Gasteiger partial charge is 0.497 e. The molecule has 2 aliphatic rings. The molecule has 9 heteroatoms. The van der Waals surface area contributed by atoms with E-state index in [9.17, 15) is 9.00 Å². The van der Waals surface area contributed by atoms with Crippen LogP contribution in [0, 0.1) is 0 Å². The highest BCUT2D eigenvalue weighted by Gasteiger charge is 2.36. The van der Waals surface area contributed by atoms with E-state index >= 15 is 0 Å². The number of hydrogen-bond acceptors (Lipinski definition) is 5. The molecule has 1 fully saturated rings. The summed E-state index contributed by atoms with van der Waals surface area (Å²) in [6.45, 7) is 1.79. The zero-order valence-electron chi connectivity index (χ0n) is 22.4. The maximum Gasteiger partial charge on any atom is 0.254 e. The summed E-state index contributed by atoms with van der Waals surface area (Å²) < 4.78 is 17.6. The summed E-state index contributed by atoms with van der Waals surface area (Å²) in [5.41, 5.74) is 3.99. The molecule has 3 aromatic rings. The van der Waals surface area contributed by atoms with Gasteiger partial charge < -0.3 is 9.64 Å². The first kappa shape index (κ1) is 28.1. The van der Waals surface area contributed by atoms with Gasteiger partial charge in [-0.3, -0.25) is 13.9 Å². The summed E-state index contributed by atoms with van der Waals surface area (Å²) in [5, 5.41) is 1.78. The van der Waals surface area contributed by atoms with Crippen LogP contribution in [0.25, 0.3) is 0 Å². The lowest BCUT2D eigenvalue weighted by atomic mass is 9.87. The number of piperidine rings is 1. The zero-order valence-corrected chi connectivity index (χ0v) is 24.7. The third-order valence-corrected chi connectivity index (χ3v) is 9.79. The first-order chi connectivity index (χ1) is 18.8. The Balaban J connectivity index is 1.37. The molecule has 3 atom stereocenters. The molecule has 39 heavy (non-hydrogen) atoms. The molecule has 6 nitrogen and oxygen atoms in total. The fourth-order valence-electron chi connectivity index (χ4n) is 6.10. The van der Waals surface area contributed by atoms with Crippen LogP contribution in [0.4, 0.5) is 0 Å². The number of likely N-dealkylation sites (tertiary alicyclic amines) is 1. The lowest BCUT2D eigenvalue weighted by Gasteiger charge is -2.39. The number of methoxy groups -OCH3 is 1. The van der Waals surface area contributed by atoms with Gasteiger partial charge in [-0.2, -0.15) is 0 Å². The number of pyridine rings is 1. The Hall–Kier alpha value is -2.45. The molecule has 1 aromatic heterocycles. The van der Waals surface area contributed by atoms with E-state index in [1.165, 1.54) is 0 Å². The summed E-state index contributed by atoms with van der Waals surface area (Å²) in [5.74, 6) is 1.04. The highest BCUT2D eigenvalue weighted by molar-refractivity contribution is 7.84. The molecule has 3 unspecified atom stereocenters. The first-order valence-electron chi connectivity index (χ1n) is 13.2. The maximum atomic E-state index is 13.0. The molecule has 206 valence electrons. The Kier molecular flexibility index (Phi) is 8.62. The van der Waals surface area contributed by atoms with Crippen molar-refractivity contribution in [1.82, 2.24) is 14.8 Å². The highest BCUT2D eigenvalue weighted by atomic mass is 35.5. The fourth-order valence-corrected chi connectivity index (χ4v) is 7.18. The number of nitrogens with zero attached hydrogens (tertiary/aromatic N) is 3. The number of carbonyl (C=O) groups excluding carboxylic acids is 1. The molecule has 5 rings (SSSR count). The Labute approximate surface area is 242 Å². The topological polar surface area (TPSA) is 62.7 Å². The van der Waals surface area contributed by atoms with Gasteiger partial charge >= 0.3 is 0 Å². The average Bonchev–Trinajstić information content (AvgIpc) is 3.19. The van der Waals surface area contributed by atoms with E-state index in [1.807, 2.05) is 48.3 Å². The van der Waals surface area contributed by atoms with Crippen molar-refractivity contribution in [3.05, 3.63) is 87.0 Å². The monoisotopic (exact) mass is 585 g/mol. The molecule has 0 spiro atoms. The van der Waals surface area contributed by atoms with Crippen LogP contribution >= 0.6 is 23.2 Å². The van der Waals surface area contributed by atoms with Crippen molar-refractivity contribution in [2.45, 2.75) is 48.7 Å². The molecule has 0 aliphatic carbocycles. The zero-order chi connectivity index (χ0) is 27.7. The van der Waals surface area contributed by atoms with E-state index in [4.69, 9.17) is 27.9 Å². The molecule has 0 radical (unpaired) electrons. The van der Waals surface area contributed by atoms with Crippen molar-refractivity contribution >= 4 is 39.9 Å². The number of rotatable bonds is 8. The Morgan fingerprint density at radius 3 is 2.54 bits per heavy atom. The van der Waals surface area contributed by atoms with Gasteiger partial charge in [0.1, 0.15) is 10.8 Å². The minimum absolute atomic E-state index is 0.00120. The van der Waals surface area contributed by atoms with E-state index in [1.54, 1.807) is 19.6 Å². The van der Waals surface area contributed by atoms with Crippen LogP contribution in [0.2, 0.25) is 10.0 Å². The van der Waals surface area contributed by atoms with E-state index in [2.05, 4.69) is 22.0 Å². The van der Waals surface area contributed by atoms with Crippen LogP contribution in [0.1, 0.15) is 70.7 Å². The summed E-state index contributed by atoms with van der Waals surface area (Å²) in [7, 11) is 2.37.